The van der Waals surface area contributed by atoms with Gasteiger partial charge in [-0.1, -0.05) is 18.6 Å². The zero-order chi connectivity index (χ0) is 18.7. The van der Waals surface area contributed by atoms with Crippen LogP contribution in [0.3, 0.4) is 0 Å². The third kappa shape index (κ3) is 10.2. The molecule has 0 saturated heterocycles. The minimum atomic E-state index is -4.76. The number of hydrogen-bond donors (Lipinski definition) is 2. The first-order valence-electron chi connectivity index (χ1n) is 7.74. The highest BCUT2D eigenvalue weighted by Crippen LogP contribution is 2.23. The molecule has 0 bridgehead atoms. The van der Waals surface area contributed by atoms with E-state index in [1.807, 2.05) is 0 Å². The molecule has 0 atom stereocenters. The van der Waals surface area contributed by atoms with Crippen molar-refractivity contribution in [2.45, 2.75) is 32.0 Å². The van der Waals surface area contributed by atoms with E-state index in [0.29, 0.717) is 31.4 Å². The molecule has 0 fully saturated rings. The summed E-state index contributed by atoms with van der Waals surface area (Å²) in [6.45, 7) is -0.0234. The molecule has 0 saturated carbocycles. The van der Waals surface area contributed by atoms with Crippen molar-refractivity contribution in [2.24, 2.45) is 0 Å². The van der Waals surface area contributed by atoms with Gasteiger partial charge in [0.15, 0.2) is 5.78 Å². The summed E-state index contributed by atoms with van der Waals surface area (Å²) in [5.41, 5.74) is 0.402. The van der Waals surface area contributed by atoms with Crippen LogP contribution in [0.4, 0.5) is 13.2 Å². The van der Waals surface area contributed by atoms with Crippen LogP contribution in [-0.2, 0) is 9.59 Å². The summed E-state index contributed by atoms with van der Waals surface area (Å²) in [6.07, 6.45) is 0.250. The van der Waals surface area contributed by atoms with E-state index in [1.165, 1.54) is 30.4 Å². The number of hydrogen-bond acceptors (Lipinski definition) is 4. The van der Waals surface area contributed by atoms with Gasteiger partial charge in [-0.25, -0.2) is 0 Å². The van der Waals surface area contributed by atoms with Crippen LogP contribution in [0, 0.1) is 0 Å². The van der Waals surface area contributed by atoms with Gasteiger partial charge in [0.2, 0.25) is 5.91 Å². The highest BCUT2D eigenvalue weighted by molar-refractivity contribution is 5.91. The number of carbonyl (C=O) groups is 2. The van der Waals surface area contributed by atoms with Crippen LogP contribution < -0.4 is 10.1 Å². The van der Waals surface area contributed by atoms with Gasteiger partial charge in [0.25, 0.3) is 0 Å². The Morgan fingerprint density at radius 1 is 1.20 bits per heavy atom. The first kappa shape index (κ1) is 20.7. The summed E-state index contributed by atoms with van der Waals surface area (Å²) in [5.74, 6) is -0.926. The number of alkyl halides is 3. The first-order valence-corrected chi connectivity index (χ1v) is 7.74. The Morgan fingerprint density at radius 3 is 2.64 bits per heavy atom. The summed E-state index contributed by atoms with van der Waals surface area (Å²) in [6, 6.07) is 5.29. The third-order valence-corrected chi connectivity index (χ3v) is 3.13. The molecule has 0 aliphatic rings. The number of amides is 1. The average Bonchev–Trinajstić information content (AvgIpc) is 2.54. The molecule has 5 nitrogen and oxygen atoms in total. The predicted molar refractivity (Wildman–Crippen MR) is 85.7 cm³/mol. The van der Waals surface area contributed by atoms with Crippen molar-refractivity contribution in [1.29, 1.82) is 0 Å². The Kier molecular flexibility index (Phi) is 8.69. The number of ketones is 1. The Bertz CT molecular complexity index is 600. The molecule has 2 N–H and O–H groups in total. The molecule has 1 amide bonds. The lowest BCUT2D eigenvalue weighted by molar-refractivity contribution is -0.274. The number of ether oxygens (including phenoxy) is 1. The van der Waals surface area contributed by atoms with Gasteiger partial charge in [0.05, 0.1) is 0 Å². The van der Waals surface area contributed by atoms with Crippen molar-refractivity contribution in [1.82, 2.24) is 5.32 Å². The summed E-state index contributed by atoms with van der Waals surface area (Å²) in [7, 11) is 0. The molecule has 0 aliphatic carbocycles. The topological polar surface area (TPSA) is 75.6 Å². The molecule has 1 aromatic rings. The van der Waals surface area contributed by atoms with Crippen molar-refractivity contribution in [3.05, 3.63) is 35.9 Å². The second kappa shape index (κ2) is 10.5. The van der Waals surface area contributed by atoms with Crippen LogP contribution in [-0.4, -0.2) is 36.3 Å². The molecule has 0 aromatic heterocycles. The maximum Gasteiger partial charge on any atom is 0.573 e. The molecule has 1 aromatic carbocycles. The van der Waals surface area contributed by atoms with Gasteiger partial charge in [-0.05, 0) is 36.6 Å². The van der Waals surface area contributed by atoms with E-state index in [-0.39, 0.29) is 17.4 Å². The highest BCUT2D eigenvalue weighted by Gasteiger charge is 2.30. The van der Waals surface area contributed by atoms with E-state index in [4.69, 9.17) is 5.11 Å². The van der Waals surface area contributed by atoms with Crippen molar-refractivity contribution < 1.29 is 32.6 Å². The van der Waals surface area contributed by atoms with Crippen molar-refractivity contribution >= 4 is 17.8 Å². The van der Waals surface area contributed by atoms with Crippen LogP contribution in [0.25, 0.3) is 6.08 Å². The van der Waals surface area contributed by atoms with E-state index in [2.05, 4.69) is 10.1 Å². The summed E-state index contributed by atoms with van der Waals surface area (Å²) in [4.78, 5) is 22.5. The number of carbonyl (C=O) groups excluding carboxylic acids is 2. The number of rotatable bonds is 10. The maximum absolute atomic E-state index is 12.1. The van der Waals surface area contributed by atoms with E-state index in [9.17, 15) is 22.8 Å². The fraction of sp³-hybridized carbons (Fsp3) is 0.412. The number of unbranched alkanes of at least 4 members (excludes halogenated alkanes) is 2. The minimum absolute atomic E-state index is 0.205. The van der Waals surface area contributed by atoms with Crippen molar-refractivity contribution in [3.8, 4) is 5.75 Å². The van der Waals surface area contributed by atoms with Crippen LogP contribution in [0.15, 0.2) is 30.3 Å². The van der Waals surface area contributed by atoms with Gasteiger partial charge < -0.3 is 15.2 Å². The SMILES string of the molecule is O=C(CO)CCCCCNC(=O)/C=C/c1cccc(OC(F)(F)F)c1. The van der Waals surface area contributed by atoms with E-state index >= 15 is 0 Å². The normalized spacial score (nSPS) is 11.5. The van der Waals surface area contributed by atoms with Crippen molar-refractivity contribution in [3.63, 3.8) is 0 Å². The molecule has 25 heavy (non-hydrogen) atoms. The zero-order valence-corrected chi connectivity index (χ0v) is 13.5. The molecule has 0 unspecified atom stereocenters. The van der Waals surface area contributed by atoms with Gasteiger partial charge >= 0.3 is 6.36 Å². The van der Waals surface area contributed by atoms with Gasteiger partial charge in [-0.15, -0.1) is 13.2 Å². The van der Waals surface area contributed by atoms with Gasteiger partial charge in [-0.3, -0.25) is 9.59 Å². The molecule has 8 heteroatoms. The van der Waals surface area contributed by atoms with Gasteiger partial charge in [-0.2, -0.15) is 0 Å². The van der Waals surface area contributed by atoms with Gasteiger partial charge in [0.1, 0.15) is 12.4 Å². The van der Waals surface area contributed by atoms with E-state index in [1.54, 1.807) is 6.07 Å². The standard InChI is InChI=1S/C17H20F3NO4/c18-17(19,20)25-15-7-4-5-13(11-15)8-9-16(24)21-10-3-1-2-6-14(23)12-22/h4-5,7-9,11,22H,1-3,6,10,12H2,(H,21,24)/b9-8+. The summed E-state index contributed by atoms with van der Waals surface area (Å²) in [5, 5.41) is 11.2. The third-order valence-electron chi connectivity index (χ3n) is 3.13. The molecule has 0 radical (unpaired) electrons. The number of benzene rings is 1. The molecular formula is C17H20F3NO4. The Balaban J connectivity index is 2.32. The number of nitrogens with one attached hydrogen (secondary N) is 1. The van der Waals surface area contributed by atoms with Crippen molar-refractivity contribution in [2.75, 3.05) is 13.2 Å². The molecular weight excluding hydrogens is 339 g/mol. The van der Waals surface area contributed by atoms with Crippen LogP contribution in [0.2, 0.25) is 0 Å². The van der Waals surface area contributed by atoms with Gasteiger partial charge in [0, 0.05) is 19.0 Å². The van der Waals surface area contributed by atoms with Crippen LogP contribution in [0.5, 0.6) is 5.75 Å². The maximum atomic E-state index is 12.1. The Morgan fingerprint density at radius 2 is 1.96 bits per heavy atom. The summed E-state index contributed by atoms with van der Waals surface area (Å²) >= 11 is 0. The highest BCUT2D eigenvalue weighted by atomic mass is 19.4. The second-order valence-electron chi connectivity index (χ2n) is 5.25. The first-order chi connectivity index (χ1) is 11.8. The Hall–Kier alpha value is -2.35. The lowest BCUT2D eigenvalue weighted by Crippen LogP contribution is -2.22. The molecule has 0 heterocycles. The molecule has 1 rings (SSSR count). The fourth-order valence-electron chi connectivity index (χ4n) is 1.96. The van der Waals surface area contributed by atoms with Crippen LogP contribution >= 0.6 is 0 Å². The predicted octanol–water partition coefficient (Wildman–Crippen LogP) is 2.84. The monoisotopic (exact) mass is 359 g/mol. The minimum Gasteiger partial charge on any atom is -0.406 e. The quantitative estimate of drug-likeness (QED) is 0.498. The lowest BCUT2D eigenvalue weighted by atomic mass is 10.1. The molecule has 0 aliphatic heterocycles. The molecule has 138 valence electrons. The largest absolute Gasteiger partial charge is 0.573 e. The van der Waals surface area contributed by atoms with Crippen LogP contribution in [0.1, 0.15) is 31.2 Å². The second-order valence-corrected chi connectivity index (χ2v) is 5.25. The average molecular weight is 359 g/mol. The smallest absolute Gasteiger partial charge is 0.406 e. The van der Waals surface area contributed by atoms with E-state index in [0.717, 1.165) is 6.42 Å². The number of aliphatic hydroxyl groups excluding tert-OH is 1. The molecule has 0 spiro atoms. The zero-order valence-electron chi connectivity index (χ0n) is 13.5. The lowest BCUT2D eigenvalue weighted by Gasteiger charge is -2.08. The van der Waals surface area contributed by atoms with E-state index < -0.39 is 13.0 Å². The number of Topliss-reactive ketones (excluding diaryl/α,β-unsaturated/α-hetero) is 1. The fourth-order valence-corrected chi connectivity index (χ4v) is 1.96. The number of aliphatic hydroxyl groups is 1. The Labute approximate surface area is 143 Å². The number of halogens is 3. The summed E-state index contributed by atoms with van der Waals surface area (Å²) < 4.78 is 40.2.